The Labute approximate surface area is 121 Å². The van der Waals surface area contributed by atoms with Crippen molar-refractivity contribution in [3.05, 3.63) is 23.0 Å². The van der Waals surface area contributed by atoms with E-state index < -0.39 is 0 Å². The van der Waals surface area contributed by atoms with Crippen LogP contribution in [0.4, 0.5) is 0 Å². The second kappa shape index (κ2) is 6.52. The van der Waals surface area contributed by atoms with Crippen LogP contribution in [0.25, 0.3) is 0 Å². The van der Waals surface area contributed by atoms with E-state index in [4.69, 9.17) is 15.2 Å². The molecule has 1 saturated heterocycles. The second-order valence-corrected chi connectivity index (χ2v) is 5.59. The van der Waals surface area contributed by atoms with Crippen molar-refractivity contribution in [3.63, 3.8) is 0 Å². The molecule has 2 atom stereocenters. The van der Waals surface area contributed by atoms with Gasteiger partial charge >= 0.3 is 0 Å². The number of pyridine rings is 1. The molecule has 1 aliphatic heterocycles. The van der Waals surface area contributed by atoms with E-state index in [1.165, 1.54) is 0 Å². The fraction of sp³-hybridized carbons (Fsp3) is 0.667. The first-order chi connectivity index (χ1) is 9.52. The molecule has 0 radical (unpaired) electrons. The summed E-state index contributed by atoms with van der Waals surface area (Å²) in [5, 5.41) is 0. The van der Waals surface area contributed by atoms with Crippen LogP contribution in [-0.2, 0) is 11.2 Å². The Kier molecular flexibility index (Phi) is 4.96. The van der Waals surface area contributed by atoms with Crippen molar-refractivity contribution < 1.29 is 9.47 Å². The molecule has 112 valence electrons. The van der Waals surface area contributed by atoms with Gasteiger partial charge in [0.2, 0.25) is 0 Å². The maximum Gasteiger partial charge on any atom is 0.128 e. The number of morpholine rings is 1. The van der Waals surface area contributed by atoms with Gasteiger partial charge in [-0.05, 0) is 20.9 Å². The molecule has 0 saturated carbocycles. The van der Waals surface area contributed by atoms with E-state index in [0.717, 1.165) is 42.3 Å². The Morgan fingerprint density at radius 2 is 2.30 bits per heavy atom. The number of ether oxygens (including phenoxy) is 2. The highest BCUT2D eigenvalue weighted by atomic mass is 16.5. The molecule has 2 unspecified atom stereocenters. The summed E-state index contributed by atoms with van der Waals surface area (Å²) in [6.45, 7) is 6.64. The number of aryl methyl sites for hydroxylation is 1. The number of likely N-dealkylation sites (N-methyl/N-ethyl adjacent to an activating group) is 1. The van der Waals surface area contributed by atoms with Crippen molar-refractivity contribution >= 4 is 0 Å². The minimum Gasteiger partial charge on any atom is -0.496 e. The molecule has 1 aromatic heterocycles. The van der Waals surface area contributed by atoms with Crippen LogP contribution in [0.3, 0.4) is 0 Å². The zero-order chi connectivity index (χ0) is 14.7. The fourth-order valence-electron chi connectivity index (χ4n) is 2.70. The topological polar surface area (TPSA) is 60.6 Å². The highest BCUT2D eigenvalue weighted by Gasteiger charge is 2.25. The lowest BCUT2D eigenvalue weighted by molar-refractivity contribution is -0.0320. The molecule has 2 N–H and O–H groups in total. The molecule has 0 aromatic carbocycles. The smallest absolute Gasteiger partial charge is 0.128 e. The number of hydrogen-bond acceptors (Lipinski definition) is 5. The molecule has 2 rings (SSSR count). The summed E-state index contributed by atoms with van der Waals surface area (Å²) in [6.07, 6.45) is 2.63. The van der Waals surface area contributed by atoms with Crippen LogP contribution in [0, 0.1) is 13.8 Å². The van der Waals surface area contributed by atoms with Crippen molar-refractivity contribution in [2.75, 3.05) is 33.9 Å². The molecule has 1 fully saturated rings. The molecule has 0 amide bonds. The average molecular weight is 279 g/mol. The maximum absolute atomic E-state index is 6.31. The van der Waals surface area contributed by atoms with Crippen LogP contribution in [0.1, 0.15) is 16.8 Å². The van der Waals surface area contributed by atoms with Gasteiger partial charge in [0.25, 0.3) is 0 Å². The Balaban J connectivity index is 2.09. The van der Waals surface area contributed by atoms with E-state index in [1.807, 2.05) is 20.0 Å². The van der Waals surface area contributed by atoms with Crippen LogP contribution < -0.4 is 10.5 Å². The normalized spacial score (nSPS) is 21.8. The summed E-state index contributed by atoms with van der Waals surface area (Å²) in [5.74, 6) is 0.906. The lowest BCUT2D eigenvalue weighted by Gasteiger charge is -2.33. The fourth-order valence-corrected chi connectivity index (χ4v) is 2.70. The van der Waals surface area contributed by atoms with E-state index in [2.05, 4.69) is 16.9 Å². The first kappa shape index (κ1) is 15.2. The first-order valence-electron chi connectivity index (χ1n) is 7.07. The zero-order valence-corrected chi connectivity index (χ0v) is 12.8. The Morgan fingerprint density at radius 1 is 1.55 bits per heavy atom. The van der Waals surface area contributed by atoms with Gasteiger partial charge in [0.1, 0.15) is 5.75 Å². The largest absolute Gasteiger partial charge is 0.496 e. The molecule has 5 nitrogen and oxygen atoms in total. The quantitative estimate of drug-likeness (QED) is 0.887. The second-order valence-electron chi connectivity index (χ2n) is 5.59. The monoisotopic (exact) mass is 279 g/mol. The van der Waals surface area contributed by atoms with Gasteiger partial charge in [-0.15, -0.1) is 0 Å². The van der Waals surface area contributed by atoms with Crippen molar-refractivity contribution in [1.82, 2.24) is 9.88 Å². The standard InChI is InChI=1S/C15H25N3O2/c1-10-8-17-13(11(2)15(10)19-4)7-12(16)14-9-18(3)5-6-20-14/h8,12,14H,5-7,9,16H2,1-4H3. The van der Waals surface area contributed by atoms with Crippen molar-refractivity contribution in [3.8, 4) is 5.75 Å². The number of hydrogen-bond donors (Lipinski definition) is 1. The summed E-state index contributed by atoms with van der Waals surface area (Å²) >= 11 is 0. The van der Waals surface area contributed by atoms with E-state index in [0.29, 0.717) is 6.42 Å². The molecule has 0 bridgehead atoms. The van der Waals surface area contributed by atoms with Gasteiger partial charge in [0, 0.05) is 48.6 Å². The van der Waals surface area contributed by atoms with Gasteiger partial charge in [0.15, 0.2) is 0 Å². The molecular formula is C15H25N3O2. The summed E-state index contributed by atoms with van der Waals surface area (Å²) in [5.41, 5.74) is 9.43. The summed E-state index contributed by atoms with van der Waals surface area (Å²) in [6, 6.07) is -0.0450. The zero-order valence-electron chi connectivity index (χ0n) is 12.8. The minimum atomic E-state index is -0.0450. The lowest BCUT2D eigenvalue weighted by atomic mass is 10.0. The molecule has 1 aromatic rings. The van der Waals surface area contributed by atoms with E-state index in [1.54, 1.807) is 7.11 Å². The van der Waals surface area contributed by atoms with Crippen LogP contribution in [-0.4, -0.2) is 55.9 Å². The average Bonchev–Trinajstić information content (AvgIpc) is 2.42. The van der Waals surface area contributed by atoms with Gasteiger partial charge in [-0.25, -0.2) is 0 Å². The van der Waals surface area contributed by atoms with Crippen molar-refractivity contribution in [1.29, 1.82) is 0 Å². The van der Waals surface area contributed by atoms with Gasteiger partial charge < -0.3 is 20.1 Å². The number of aromatic nitrogens is 1. The van der Waals surface area contributed by atoms with Crippen LogP contribution in [0.5, 0.6) is 5.75 Å². The molecule has 0 spiro atoms. The molecule has 5 heteroatoms. The molecule has 2 heterocycles. The number of nitrogens with zero attached hydrogens (tertiary/aromatic N) is 2. The number of rotatable bonds is 4. The van der Waals surface area contributed by atoms with Crippen molar-refractivity contribution in [2.24, 2.45) is 5.73 Å². The van der Waals surface area contributed by atoms with Crippen molar-refractivity contribution in [2.45, 2.75) is 32.4 Å². The number of methoxy groups -OCH3 is 1. The van der Waals surface area contributed by atoms with E-state index in [9.17, 15) is 0 Å². The lowest BCUT2D eigenvalue weighted by Crippen LogP contribution is -2.50. The molecule has 0 aliphatic carbocycles. The van der Waals surface area contributed by atoms with Crippen LogP contribution in [0.2, 0.25) is 0 Å². The van der Waals surface area contributed by atoms with Crippen LogP contribution >= 0.6 is 0 Å². The Bertz CT molecular complexity index is 465. The third kappa shape index (κ3) is 3.29. The Hall–Kier alpha value is -1.17. The first-order valence-corrected chi connectivity index (χ1v) is 7.07. The predicted octanol–water partition coefficient (Wildman–Crippen LogP) is 0.907. The molecule has 20 heavy (non-hydrogen) atoms. The molecular weight excluding hydrogens is 254 g/mol. The maximum atomic E-state index is 6.31. The van der Waals surface area contributed by atoms with Crippen LogP contribution in [0.15, 0.2) is 6.20 Å². The third-order valence-corrected chi connectivity index (χ3v) is 3.95. The highest BCUT2D eigenvalue weighted by Crippen LogP contribution is 2.25. The highest BCUT2D eigenvalue weighted by molar-refractivity contribution is 5.41. The van der Waals surface area contributed by atoms with Gasteiger partial charge in [0.05, 0.1) is 19.8 Å². The summed E-state index contributed by atoms with van der Waals surface area (Å²) in [7, 11) is 3.79. The third-order valence-electron chi connectivity index (χ3n) is 3.95. The SMILES string of the molecule is COc1c(C)cnc(CC(N)C2CN(C)CCO2)c1C. The minimum absolute atomic E-state index is 0.0450. The summed E-state index contributed by atoms with van der Waals surface area (Å²) in [4.78, 5) is 6.77. The number of nitrogens with two attached hydrogens (primary N) is 1. The van der Waals surface area contributed by atoms with Gasteiger partial charge in [-0.3, -0.25) is 4.98 Å². The van der Waals surface area contributed by atoms with Gasteiger partial charge in [-0.1, -0.05) is 0 Å². The van der Waals surface area contributed by atoms with Gasteiger partial charge in [-0.2, -0.15) is 0 Å². The van der Waals surface area contributed by atoms with E-state index >= 15 is 0 Å². The summed E-state index contributed by atoms with van der Waals surface area (Å²) < 4.78 is 11.2. The molecule has 1 aliphatic rings. The van der Waals surface area contributed by atoms with E-state index in [-0.39, 0.29) is 12.1 Å². The Morgan fingerprint density at radius 3 is 2.95 bits per heavy atom. The predicted molar refractivity (Wildman–Crippen MR) is 79.2 cm³/mol.